The van der Waals surface area contributed by atoms with E-state index >= 15 is 0 Å². The highest BCUT2D eigenvalue weighted by molar-refractivity contribution is 7.90. The van der Waals surface area contributed by atoms with Gasteiger partial charge >= 0.3 is 10.2 Å². The molecule has 220 valence electrons. The highest BCUT2D eigenvalue weighted by Gasteiger charge is 2.36. The summed E-state index contributed by atoms with van der Waals surface area (Å²) in [6.45, 7) is 2.98. The summed E-state index contributed by atoms with van der Waals surface area (Å²) in [5.41, 5.74) is 1.10. The number of halogens is 2. The molecule has 0 aliphatic heterocycles. The second-order valence-corrected chi connectivity index (χ2v) is 12.4. The molecule has 2 amide bonds. The second kappa shape index (κ2) is 14.4. The van der Waals surface area contributed by atoms with Crippen LogP contribution >= 0.6 is 11.6 Å². The molecule has 0 unspecified atom stereocenters. The summed E-state index contributed by atoms with van der Waals surface area (Å²) in [5, 5.41) is 3.35. The van der Waals surface area contributed by atoms with Crippen LogP contribution in [0, 0.1) is 5.82 Å². The van der Waals surface area contributed by atoms with Crippen LogP contribution in [0.5, 0.6) is 0 Å². The Morgan fingerprint density at radius 3 is 2.17 bits per heavy atom. The van der Waals surface area contributed by atoms with E-state index in [9.17, 15) is 22.4 Å². The van der Waals surface area contributed by atoms with Gasteiger partial charge in [0.1, 0.15) is 18.4 Å². The van der Waals surface area contributed by atoms with Gasteiger partial charge < -0.3 is 10.2 Å². The van der Waals surface area contributed by atoms with E-state index < -0.39 is 40.4 Å². The molecule has 3 rings (SSSR count). The molecule has 3 aromatic rings. The van der Waals surface area contributed by atoms with Crippen LogP contribution in [0.25, 0.3) is 0 Å². The second-order valence-electron chi connectivity index (χ2n) is 9.88. The van der Waals surface area contributed by atoms with Crippen LogP contribution in [0.1, 0.15) is 31.4 Å². The fraction of sp³-hybridized carbons (Fsp3) is 0.333. The van der Waals surface area contributed by atoms with Crippen LogP contribution < -0.4 is 9.62 Å². The van der Waals surface area contributed by atoms with Crippen molar-refractivity contribution in [2.45, 2.75) is 45.3 Å². The molecule has 2 atom stereocenters. The van der Waals surface area contributed by atoms with E-state index in [0.717, 1.165) is 20.2 Å². The van der Waals surface area contributed by atoms with Crippen LogP contribution in [0.2, 0.25) is 5.02 Å². The Morgan fingerprint density at radius 1 is 0.951 bits per heavy atom. The fourth-order valence-corrected chi connectivity index (χ4v) is 5.42. The minimum absolute atomic E-state index is 0.0724. The summed E-state index contributed by atoms with van der Waals surface area (Å²) in [6, 6.07) is 20.3. The molecular formula is C30H36ClFN4O4S. The lowest BCUT2D eigenvalue weighted by Gasteiger charge is -2.35. The van der Waals surface area contributed by atoms with Gasteiger partial charge in [0, 0.05) is 38.1 Å². The van der Waals surface area contributed by atoms with Gasteiger partial charge in [-0.2, -0.15) is 12.7 Å². The minimum atomic E-state index is -4.30. The molecule has 0 fully saturated rings. The molecule has 11 heteroatoms. The number of carbonyl (C=O) groups excluding carboxylic acids is 2. The largest absolute Gasteiger partial charge is 0.352 e. The molecule has 0 spiro atoms. The van der Waals surface area contributed by atoms with Crippen LogP contribution in [0.3, 0.4) is 0 Å². The zero-order valence-electron chi connectivity index (χ0n) is 23.6. The van der Waals surface area contributed by atoms with E-state index in [1.165, 1.54) is 37.2 Å². The van der Waals surface area contributed by atoms with Gasteiger partial charge in [0.15, 0.2) is 0 Å². The topological polar surface area (TPSA) is 90.0 Å². The van der Waals surface area contributed by atoms with Gasteiger partial charge in [-0.05, 0) is 42.7 Å². The molecule has 0 bridgehead atoms. The van der Waals surface area contributed by atoms with Crippen molar-refractivity contribution in [2.24, 2.45) is 0 Å². The third kappa shape index (κ3) is 8.28. The van der Waals surface area contributed by atoms with Crippen LogP contribution in [0.4, 0.5) is 10.1 Å². The van der Waals surface area contributed by atoms with Gasteiger partial charge in [0.2, 0.25) is 11.8 Å². The van der Waals surface area contributed by atoms with Gasteiger partial charge in [-0.15, -0.1) is 0 Å². The van der Waals surface area contributed by atoms with Crippen LogP contribution in [0.15, 0.2) is 78.9 Å². The summed E-state index contributed by atoms with van der Waals surface area (Å²) in [7, 11) is -1.70. The highest BCUT2D eigenvalue weighted by Crippen LogP contribution is 2.25. The fourth-order valence-electron chi connectivity index (χ4n) is 4.16. The average Bonchev–Trinajstić information content (AvgIpc) is 2.95. The molecule has 41 heavy (non-hydrogen) atoms. The number of carbonyl (C=O) groups is 2. The Balaban J connectivity index is 2.12. The van der Waals surface area contributed by atoms with Crippen molar-refractivity contribution in [1.29, 1.82) is 0 Å². The number of anilines is 1. The predicted molar refractivity (Wildman–Crippen MR) is 160 cm³/mol. The SMILES string of the molecule is CC[C@@H](C)NC(=O)[C@H](Cc1ccccc1)N(Cc1ccccc1Cl)C(=O)CN(c1ccccc1F)S(=O)(=O)N(C)C. The Kier molecular flexibility index (Phi) is 11.3. The third-order valence-electron chi connectivity index (χ3n) is 6.71. The number of hydrogen-bond donors (Lipinski definition) is 1. The van der Waals surface area contributed by atoms with E-state index in [4.69, 9.17) is 11.6 Å². The Bertz CT molecular complexity index is 1440. The molecule has 3 aromatic carbocycles. The van der Waals surface area contributed by atoms with E-state index in [1.54, 1.807) is 24.3 Å². The van der Waals surface area contributed by atoms with E-state index in [1.807, 2.05) is 44.2 Å². The standard InChI is InChI=1S/C30H36ClFN4O4S/c1-5-22(2)33-30(38)28(19-23-13-7-6-8-14-23)35(20-24-15-9-10-16-25(24)31)29(37)21-36(41(39,40)34(3)4)27-18-12-11-17-26(27)32/h6-18,22,28H,5,19-21H2,1-4H3,(H,33,38)/t22-,28+/m1/s1. The monoisotopic (exact) mass is 602 g/mol. The first-order valence-electron chi connectivity index (χ1n) is 13.3. The Labute approximate surface area is 246 Å². The average molecular weight is 603 g/mol. The number of nitrogens with zero attached hydrogens (tertiary/aromatic N) is 3. The maximum absolute atomic E-state index is 14.9. The quantitative estimate of drug-likeness (QED) is 0.308. The maximum Gasteiger partial charge on any atom is 0.304 e. The van der Waals surface area contributed by atoms with Crippen molar-refractivity contribution < 1.29 is 22.4 Å². The smallest absolute Gasteiger partial charge is 0.304 e. The Hall–Kier alpha value is -3.47. The molecule has 8 nitrogen and oxygen atoms in total. The molecule has 1 N–H and O–H groups in total. The van der Waals surface area contributed by atoms with Crippen molar-refractivity contribution in [1.82, 2.24) is 14.5 Å². The van der Waals surface area contributed by atoms with Crippen LogP contribution in [-0.2, 0) is 32.8 Å². The molecule has 0 radical (unpaired) electrons. The minimum Gasteiger partial charge on any atom is -0.352 e. The molecule has 0 saturated carbocycles. The molecule has 0 aliphatic carbocycles. The number of para-hydroxylation sites is 1. The highest BCUT2D eigenvalue weighted by atomic mass is 35.5. The lowest BCUT2D eigenvalue weighted by Crippen LogP contribution is -2.55. The van der Waals surface area contributed by atoms with Crippen molar-refractivity contribution >= 4 is 39.3 Å². The van der Waals surface area contributed by atoms with Crippen molar-refractivity contribution in [3.63, 3.8) is 0 Å². The van der Waals surface area contributed by atoms with Crippen molar-refractivity contribution in [2.75, 3.05) is 24.9 Å². The van der Waals surface area contributed by atoms with E-state index in [0.29, 0.717) is 17.0 Å². The molecular weight excluding hydrogens is 567 g/mol. The summed E-state index contributed by atoms with van der Waals surface area (Å²) < 4.78 is 43.2. The van der Waals surface area contributed by atoms with Crippen LogP contribution in [-0.4, -0.2) is 62.2 Å². The molecule has 0 saturated heterocycles. The van der Waals surface area contributed by atoms with Gasteiger partial charge in [-0.3, -0.25) is 9.59 Å². The summed E-state index contributed by atoms with van der Waals surface area (Å²) in [5.74, 6) is -1.89. The third-order valence-corrected chi connectivity index (χ3v) is 8.89. The van der Waals surface area contributed by atoms with Gasteiger partial charge in [-0.25, -0.2) is 8.70 Å². The number of rotatable bonds is 13. The number of nitrogens with one attached hydrogen (secondary N) is 1. The van der Waals surface area contributed by atoms with Gasteiger partial charge in [-0.1, -0.05) is 79.2 Å². The maximum atomic E-state index is 14.9. The van der Waals surface area contributed by atoms with Gasteiger partial charge in [0.25, 0.3) is 0 Å². The molecule has 0 heterocycles. The van der Waals surface area contributed by atoms with Crippen molar-refractivity contribution in [3.05, 3.63) is 101 Å². The normalized spacial score (nSPS) is 13.0. The predicted octanol–water partition coefficient (Wildman–Crippen LogP) is 4.65. The molecule has 0 aromatic heterocycles. The first-order valence-corrected chi connectivity index (χ1v) is 15.0. The summed E-state index contributed by atoms with van der Waals surface area (Å²) in [4.78, 5) is 29.2. The Morgan fingerprint density at radius 2 is 1.56 bits per heavy atom. The number of benzene rings is 3. The van der Waals surface area contributed by atoms with Crippen molar-refractivity contribution in [3.8, 4) is 0 Å². The zero-order chi connectivity index (χ0) is 30.2. The summed E-state index contributed by atoms with van der Waals surface area (Å²) in [6.07, 6.45) is 0.837. The first kappa shape index (κ1) is 32.0. The van der Waals surface area contributed by atoms with E-state index in [2.05, 4.69) is 5.32 Å². The zero-order valence-corrected chi connectivity index (χ0v) is 25.2. The lowest BCUT2D eigenvalue weighted by atomic mass is 10.0. The van der Waals surface area contributed by atoms with Gasteiger partial charge in [0.05, 0.1) is 5.69 Å². The first-order chi connectivity index (χ1) is 19.4. The number of amides is 2. The summed E-state index contributed by atoms with van der Waals surface area (Å²) >= 11 is 6.46. The number of hydrogen-bond acceptors (Lipinski definition) is 4. The van der Waals surface area contributed by atoms with E-state index in [-0.39, 0.29) is 24.7 Å². The lowest BCUT2D eigenvalue weighted by molar-refractivity contribution is -0.140. The molecule has 0 aliphatic rings.